The lowest BCUT2D eigenvalue weighted by molar-refractivity contribution is -0.141. The summed E-state index contributed by atoms with van der Waals surface area (Å²) < 4.78 is 40.0. The lowest BCUT2D eigenvalue weighted by Crippen LogP contribution is -2.55. The van der Waals surface area contributed by atoms with Gasteiger partial charge in [0.05, 0.1) is 34.8 Å². The van der Waals surface area contributed by atoms with E-state index >= 15 is 0 Å². The summed E-state index contributed by atoms with van der Waals surface area (Å²) in [5.74, 6) is -0.295. The monoisotopic (exact) mass is 663 g/mol. The van der Waals surface area contributed by atoms with Gasteiger partial charge < -0.3 is 19.7 Å². The Hall–Kier alpha value is -3.47. The van der Waals surface area contributed by atoms with Crippen molar-refractivity contribution in [2.75, 3.05) is 25.1 Å². The van der Waals surface area contributed by atoms with Crippen LogP contribution in [0.2, 0.25) is 10.0 Å². The van der Waals surface area contributed by atoms with Crippen LogP contribution in [0.5, 0.6) is 11.5 Å². The molecule has 0 aliphatic rings. The third kappa shape index (κ3) is 8.58. The minimum Gasteiger partial charge on any atom is -0.493 e. The molecular formula is C32H39Cl2N3O6S. The molecule has 0 fully saturated rings. The van der Waals surface area contributed by atoms with Gasteiger partial charge in [0.1, 0.15) is 12.6 Å². The zero-order valence-corrected chi connectivity index (χ0v) is 28.3. The van der Waals surface area contributed by atoms with Gasteiger partial charge in [-0.2, -0.15) is 0 Å². The Balaban J connectivity index is 2.14. The highest BCUT2D eigenvalue weighted by atomic mass is 35.5. The molecule has 44 heavy (non-hydrogen) atoms. The summed E-state index contributed by atoms with van der Waals surface area (Å²) in [6, 6.07) is 15.0. The van der Waals surface area contributed by atoms with Crippen LogP contribution in [-0.4, -0.2) is 57.5 Å². The average Bonchev–Trinajstić information content (AvgIpc) is 2.96. The predicted molar refractivity (Wildman–Crippen MR) is 174 cm³/mol. The molecule has 3 aromatic carbocycles. The summed E-state index contributed by atoms with van der Waals surface area (Å²) in [6.45, 7) is 8.54. The van der Waals surface area contributed by atoms with Crippen LogP contribution in [0.15, 0.2) is 65.6 Å². The Morgan fingerprint density at radius 1 is 0.909 bits per heavy atom. The highest BCUT2D eigenvalue weighted by Crippen LogP contribution is 2.34. The zero-order valence-electron chi connectivity index (χ0n) is 26.0. The number of nitrogens with one attached hydrogen (secondary N) is 1. The van der Waals surface area contributed by atoms with Crippen LogP contribution in [0, 0.1) is 6.92 Å². The van der Waals surface area contributed by atoms with E-state index in [1.165, 1.54) is 43.4 Å². The number of amides is 2. The molecule has 0 aromatic heterocycles. The SMILES string of the molecule is CC[C@@H](C(=O)NC(C)(C)C)N(Cc1ccc(Cl)c(Cl)c1)C(=O)CN(c1ccc(OC)c(OC)c1)S(=O)(=O)c1ccc(C)cc1. The number of benzene rings is 3. The zero-order chi connectivity index (χ0) is 32.8. The first-order valence-corrected chi connectivity index (χ1v) is 16.2. The molecule has 0 heterocycles. The molecule has 9 nitrogen and oxygen atoms in total. The number of carbonyl (C=O) groups excluding carboxylic acids is 2. The fourth-order valence-corrected chi connectivity index (χ4v) is 6.28. The molecule has 0 saturated carbocycles. The van der Waals surface area contributed by atoms with Gasteiger partial charge in [-0.25, -0.2) is 8.42 Å². The van der Waals surface area contributed by atoms with Crippen LogP contribution in [0.1, 0.15) is 45.2 Å². The Labute approximate surface area is 270 Å². The molecular weight excluding hydrogens is 625 g/mol. The number of carbonyl (C=O) groups is 2. The second kappa shape index (κ2) is 14.5. The maximum atomic E-state index is 14.3. The van der Waals surface area contributed by atoms with Gasteiger partial charge in [0.2, 0.25) is 11.8 Å². The Morgan fingerprint density at radius 2 is 1.55 bits per heavy atom. The van der Waals surface area contributed by atoms with Crippen LogP contribution < -0.4 is 19.1 Å². The van der Waals surface area contributed by atoms with E-state index in [-0.39, 0.29) is 40.2 Å². The number of halogens is 2. The second-order valence-corrected chi connectivity index (χ2v) is 14.0. The number of hydrogen-bond donors (Lipinski definition) is 1. The normalized spacial score (nSPS) is 12.3. The Morgan fingerprint density at radius 3 is 2.09 bits per heavy atom. The molecule has 1 atom stereocenters. The molecule has 0 saturated heterocycles. The van der Waals surface area contributed by atoms with E-state index in [1.54, 1.807) is 43.3 Å². The summed E-state index contributed by atoms with van der Waals surface area (Å²) >= 11 is 12.4. The fourth-order valence-electron chi connectivity index (χ4n) is 4.55. The predicted octanol–water partition coefficient (Wildman–Crippen LogP) is 6.24. The van der Waals surface area contributed by atoms with Crippen molar-refractivity contribution in [3.8, 4) is 11.5 Å². The minimum absolute atomic E-state index is 0.000708. The molecule has 12 heteroatoms. The number of hydrogen-bond acceptors (Lipinski definition) is 6. The van der Waals surface area contributed by atoms with Gasteiger partial charge in [-0.05, 0) is 76.1 Å². The molecule has 2 amide bonds. The first-order valence-electron chi connectivity index (χ1n) is 14.0. The molecule has 3 aromatic rings. The van der Waals surface area contributed by atoms with Gasteiger partial charge in [0.25, 0.3) is 10.0 Å². The van der Waals surface area contributed by atoms with Crippen LogP contribution in [0.25, 0.3) is 0 Å². The molecule has 0 spiro atoms. The van der Waals surface area contributed by atoms with Crippen molar-refractivity contribution in [3.05, 3.63) is 81.8 Å². The maximum Gasteiger partial charge on any atom is 0.264 e. The van der Waals surface area contributed by atoms with Crippen molar-refractivity contribution in [2.45, 2.75) is 64.1 Å². The number of anilines is 1. The molecule has 238 valence electrons. The van der Waals surface area contributed by atoms with E-state index in [9.17, 15) is 18.0 Å². The smallest absolute Gasteiger partial charge is 0.264 e. The molecule has 0 aliphatic carbocycles. The van der Waals surface area contributed by atoms with E-state index in [0.29, 0.717) is 16.3 Å². The summed E-state index contributed by atoms with van der Waals surface area (Å²) in [6.07, 6.45) is 0.274. The highest BCUT2D eigenvalue weighted by molar-refractivity contribution is 7.92. The third-order valence-corrected chi connectivity index (χ3v) is 9.29. The first kappa shape index (κ1) is 35.0. The fraction of sp³-hybridized carbons (Fsp3) is 0.375. The van der Waals surface area contributed by atoms with Crippen LogP contribution in [0.4, 0.5) is 5.69 Å². The van der Waals surface area contributed by atoms with E-state index < -0.39 is 34.1 Å². The van der Waals surface area contributed by atoms with Crippen molar-refractivity contribution in [2.24, 2.45) is 0 Å². The summed E-state index contributed by atoms with van der Waals surface area (Å²) in [7, 11) is -1.36. The van der Waals surface area contributed by atoms with Crippen LogP contribution in [0.3, 0.4) is 0 Å². The Kier molecular flexibility index (Phi) is 11.6. The molecule has 0 aliphatic heterocycles. The number of sulfonamides is 1. The van der Waals surface area contributed by atoms with E-state index in [4.69, 9.17) is 32.7 Å². The van der Waals surface area contributed by atoms with E-state index in [1.807, 2.05) is 27.7 Å². The number of rotatable bonds is 12. The lowest BCUT2D eigenvalue weighted by atomic mass is 10.1. The number of nitrogens with zero attached hydrogens (tertiary/aromatic N) is 2. The summed E-state index contributed by atoms with van der Waals surface area (Å²) in [5, 5.41) is 3.58. The van der Waals surface area contributed by atoms with Gasteiger partial charge in [0.15, 0.2) is 11.5 Å². The third-order valence-electron chi connectivity index (χ3n) is 6.76. The van der Waals surface area contributed by atoms with E-state index in [0.717, 1.165) is 9.87 Å². The minimum atomic E-state index is -4.26. The summed E-state index contributed by atoms with van der Waals surface area (Å²) in [4.78, 5) is 29.2. The van der Waals surface area contributed by atoms with Crippen LogP contribution in [-0.2, 0) is 26.2 Å². The quantitative estimate of drug-likeness (QED) is 0.246. The maximum absolute atomic E-state index is 14.3. The van der Waals surface area contributed by atoms with Crippen molar-refractivity contribution in [3.63, 3.8) is 0 Å². The molecule has 0 unspecified atom stereocenters. The largest absolute Gasteiger partial charge is 0.493 e. The van der Waals surface area contributed by atoms with Gasteiger partial charge >= 0.3 is 0 Å². The number of ether oxygens (including phenoxy) is 2. The van der Waals surface area contributed by atoms with E-state index in [2.05, 4.69) is 5.32 Å². The highest BCUT2D eigenvalue weighted by Gasteiger charge is 2.35. The van der Waals surface area contributed by atoms with Crippen molar-refractivity contribution < 1.29 is 27.5 Å². The number of aryl methyl sites for hydroxylation is 1. The van der Waals surface area contributed by atoms with Crippen LogP contribution >= 0.6 is 23.2 Å². The van der Waals surface area contributed by atoms with Gasteiger partial charge in [-0.15, -0.1) is 0 Å². The molecule has 1 N–H and O–H groups in total. The Bertz CT molecular complexity index is 1590. The standard InChI is InChI=1S/C32H39Cl2N3O6S/c1-8-27(31(39)35-32(3,4)5)36(19-22-11-15-25(33)26(34)17-22)30(38)20-37(23-12-16-28(42-6)29(18-23)43-7)44(40,41)24-13-9-21(2)10-14-24/h9-18,27H,8,19-20H2,1-7H3,(H,35,39)/t27-/m0/s1. The molecule has 3 rings (SSSR count). The van der Waals surface area contributed by atoms with Gasteiger partial charge in [-0.1, -0.05) is 53.9 Å². The second-order valence-electron chi connectivity index (χ2n) is 11.3. The van der Waals surface area contributed by atoms with Crippen molar-refractivity contribution >= 4 is 50.7 Å². The average molecular weight is 665 g/mol. The first-order chi connectivity index (χ1) is 20.6. The lowest BCUT2D eigenvalue weighted by Gasteiger charge is -2.35. The number of methoxy groups -OCH3 is 2. The van der Waals surface area contributed by atoms with Crippen molar-refractivity contribution in [1.29, 1.82) is 0 Å². The molecule has 0 bridgehead atoms. The van der Waals surface area contributed by atoms with Gasteiger partial charge in [0, 0.05) is 18.2 Å². The topological polar surface area (TPSA) is 105 Å². The van der Waals surface area contributed by atoms with Gasteiger partial charge in [-0.3, -0.25) is 13.9 Å². The molecule has 0 radical (unpaired) electrons. The van der Waals surface area contributed by atoms with Crippen molar-refractivity contribution in [1.82, 2.24) is 10.2 Å². The summed E-state index contributed by atoms with van der Waals surface area (Å²) in [5.41, 5.74) is 1.11.